The van der Waals surface area contributed by atoms with Gasteiger partial charge in [-0.2, -0.15) is 0 Å². The van der Waals surface area contributed by atoms with E-state index in [0.717, 1.165) is 6.54 Å². The molecule has 0 amide bonds. The number of nitrogens with zero attached hydrogens (tertiary/aromatic N) is 1. The third-order valence-corrected chi connectivity index (χ3v) is 3.92. The minimum Gasteiger partial charge on any atom is -0.492 e. The Bertz CT molecular complexity index is 474. The van der Waals surface area contributed by atoms with Gasteiger partial charge in [0.2, 0.25) is 0 Å². The molecule has 1 aromatic carbocycles. The van der Waals surface area contributed by atoms with Gasteiger partial charge in [-0.15, -0.1) is 0 Å². The van der Waals surface area contributed by atoms with Crippen LogP contribution in [0.4, 0.5) is 5.69 Å². The summed E-state index contributed by atoms with van der Waals surface area (Å²) in [4.78, 5) is 14.6. The van der Waals surface area contributed by atoms with Crippen molar-refractivity contribution in [1.82, 2.24) is 4.90 Å². The number of Topliss-reactive ketones (excluding diaryl/α,β-unsaturated/α-hetero) is 1. The molecule has 2 N–H and O–H groups in total. The van der Waals surface area contributed by atoms with E-state index in [9.17, 15) is 4.79 Å². The van der Waals surface area contributed by atoms with Gasteiger partial charge in [0.15, 0.2) is 5.78 Å². The summed E-state index contributed by atoms with van der Waals surface area (Å²) in [6, 6.07) is 5.80. The number of ether oxygens (including phenoxy) is 1. The Hall–Kier alpha value is -1.55. The molecular formula is C16H24N2O2. The van der Waals surface area contributed by atoms with Crippen LogP contribution in [0.2, 0.25) is 0 Å². The van der Waals surface area contributed by atoms with Gasteiger partial charge >= 0.3 is 0 Å². The summed E-state index contributed by atoms with van der Waals surface area (Å²) in [7, 11) is 0. The number of hydrogen-bond acceptors (Lipinski definition) is 4. The smallest absolute Gasteiger partial charge is 0.176 e. The van der Waals surface area contributed by atoms with Crippen LogP contribution in [0.15, 0.2) is 18.2 Å². The molecule has 1 heterocycles. The Balaban J connectivity index is 2.03. The van der Waals surface area contributed by atoms with Crippen molar-refractivity contribution in [1.29, 1.82) is 0 Å². The van der Waals surface area contributed by atoms with Crippen LogP contribution in [0.5, 0.6) is 5.75 Å². The second-order valence-electron chi connectivity index (χ2n) is 5.42. The zero-order chi connectivity index (χ0) is 14.5. The fourth-order valence-electron chi connectivity index (χ4n) is 2.68. The first-order chi connectivity index (χ1) is 9.61. The van der Waals surface area contributed by atoms with Gasteiger partial charge in [-0.25, -0.2) is 0 Å². The molecule has 0 radical (unpaired) electrons. The van der Waals surface area contributed by atoms with E-state index in [4.69, 9.17) is 10.5 Å². The van der Waals surface area contributed by atoms with Crippen LogP contribution in [0.3, 0.4) is 0 Å². The lowest BCUT2D eigenvalue weighted by atomic mass is 10.0. The molecule has 1 aliphatic heterocycles. The van der Waals surface area contributed by atoms with Crippen LogP contribution in [0.1, 0.15) is 43.5 Å². The number of nitrogens with two attached hydrogens (primary N) is 1. The van der Waals surface area contributed by atoms with Gasteiger partial charge in [-0.1, -0.05) is 6.42 Å². The Kier molecular flexibility index (Phi) is 5.01. The number of anilines is 1. The van der Waals surface area contributed by atoms with Crippen molar-refractivity contribution in [2.75, 3.05) is 25.4 Å². The molecule has 1 aliphatic rings. The van der Waals surface area contributed by atoms with Crippen LogP contribution in [0, 0.1) is 0 Å². The molecule has 1 fully saturated rings. The van der Waals surface area contributed by atoms with E-state index in [1.165, 1.54) is 19.3 Å². The minimum atomic E-state index is 0.133. The molecule has 20 heavy (non-hydrogen) atoms. The molecule has 0 saturated carbocycles. The monoisotopic (exact) mass is 276 g/mol. The van der Waals surface area contributed by atoms with Crippen molar-refractivity contribution in [3.8, 4) is 5.75 Å². The highest BCUT2D eigenvalue weighted by molar-refractivity contribution is 5.98. The van der Waals surface area contributed by atoms with Gasteiger partial charge in [0.1, 0.15) is 5.75 Å². The summed E-state index contributed by atoms with van der Waals surface area (Å²) in [6.07, 6.45) is 3.63. The van der Waals surface area contributed by atoms with E-state index >= 15 is 0 Å². The Labute approximate surface area is 120 Å². The molecule has 1 saturated heterocycles. The Morgan fingerprint density at radius 3 is 2.90 bits per heavy atom. The maximum Gasteiger partial charge on any atom is 0.176 e. The molecule has 4 heteroatoms. The van der Waals surface area contributed by atoms with E-state index in [-0.39, 0.29) is 5.78 Å². The van der Waals surface area contributed by atoms with E-state index in [0.29, 0.717) is 36.2 Å². The molecule has 110 valence electrons. The van der Waals surface area contributed by atoms with Crippen LogP contribution in [-0.4, -0.2) is 36.4 Å². The van der Waals surface area contributed by atoms with E-state index < -0.39 is 0 Å². The molecule has 0 bridgehead atoms. The van der Waals surface area contributed by atoms with Crippen LogP contribution >= 0.6 is 0 Å². The lowest BCUT2D eigenvalue weighted by Crippen LogP contribution is -2.40. The van der Waals surface area contributed by atoms with Crippen molar-refractivity contribution in [2.24, 2.45) is 0 Å². The standard InChI is InChI=1S/C16H24N2O2/c1-3-20-16-8-7-13(10-14(16)17)15(19)11-18-9-5-4-6-12(18)2/h7-8,10,12H,3-6,9,11,17H2,1-2H3. The first-order valence-corrected chi connectivity index (χ1v) is 7.41. The summed E-state index contributed by atoms with van der Waals surface area (Å²) in [6.45, 7) is 6.17. The summed E-state index contributed by atoms with van der Waals surface area (Å²) in [5.41, 5.74) is 7.12. The Morgan fingerprint density at radius 1 is 1.45 bits per heavy atom. The maximum atomic E-state index is 12.3. The highest BCUT2D eigenvalue weighted by atomic mass is 16.5. The highest BCUT2D eigenvalue weighted by Crippen LogP contribution is 2.23. The van der Waals surface area contributed by atoms with Gasteiger partial charge in [0.25, 0.3) is 0 Å². The minimum absolute atomic E-state index is 0.133. The largest absolute Gasteiger partial charge is 0.492 e. The Morgan fingerprint density at radius 2 is 2.25 bits per heavy atom. The molecule has 4 nitrogen and oxygen atoms in total. The molecule has 1 aromatic rings. The third kappa shape index (κ3) is 3.51. The molecule has 0 aromatic heterocycles. The molecule has 1 atom stereocenters. The number of nitrogen functional groups attached to an aromatic ring is 1. The topological polar surface area (TPSA) is 55.6 Å². The number of likely N-dealkylation sites (tertiary alicyclic amines) is 1. The summed E-state index contributed by atoms with van der Waals surface area (Å²) in [5, 5.41) is 0. The first kappa shape index (κ1) is 14.9. The normalized spacial score (nSPS) is 19.8. The number of ketones is 1. The number of hydrogen-bond donors (Lipinski definition) is 1. The third-order valence-electron chi connectivity index (χ3n) is 3.92. The van der Waals surface area contributed by atoms with Gasteiger partial charge in [0, 0.05) is 11.6 Å². The van der Waals surface area contributed by atoms with Crippen molar-refractivity contribution in [3.63, 3.8) is 0 Å². The summed E-state index contributed by atoms with van der Waals surface area (Å²) < 4.78 is 5.39. The SMILES string of the molecule is CCOc1ccc(C(=O)CN2CCCCC2C)cc1N. The fourth-order valence-corrected chi connectivity index (χ4v) is 2.68. The second-order valence-corrected chi connectivity index (χ2v) is 5.42. The number of benzene rings is 1. The fraction of sp³-hybridized carbons (Fsp3) is 0.562. The zero-order valence-electron chi connectivity index (χ0n) is 12.4. The highest BCUT2D eigenvalue weighted by Gasteiger charge is 2.21. The van der Waals surface area contributed by atoms with Crippen molar-refractivity contribution in [3.05, 3.63) is 23.8 Å². The van der Waals surface area contributed by atoms with E-state index in [1.807, 2.05) is 6.92 Å². The van der Waals surface area contributed by atoms with Crippen molar-refractivity contribution in [2.45, 2.75) is 39.2 Å². The predicted octanol–water partition coefficient (Wildman–Crippen LogP) is 2.72. The average molecular weight is 276 g/mol. The average Bonchev–Trinajstić information content (AvgIpc) is 2.43. The van der Waals surface area contributed by atoms with Gasteiger partial charge in [-0.3, -0.25) is 9.69 Å². The number of carbonyl (C=O) groups is 1. The van der Waals surface area contributed by atoms with Crippen LogP contribution in [-0.2, 0) is 0 Å². The first-order valence-electron chi connectivity index (χ1n) is 7.41. The predicted molar refractivity (Wildman–Crippen MR) is 81.2 cm³/mol. The quantitative estimate of drug-likeness (QED) is 0.663. The van der Waals surface area contributed by atoms with E-state index in [1.54, 1.807) is 18.2 Å². The van der Waals surface area contributed by atoms with Crippen molar-refractivity contribution < 1.29 is 9.53 Å². The number of piperidine rings is 1. The lowest BCUT2D eigenvalue weighted by Gasteiger charge is -2.32. The van der Waals surface area contributed by atoms with Crippen molar-refractivity contribution >= 4 is 11.5 Å². The maximum absolute atomic E-state index is 12.3. The molecule has 0 aliphatic carbocycles. The second kappa shape index (κ2) is 6.75. The van der Waals surface area contributed by atoms with E-state index in [2.05, 4.69) is 11.8 Å². The summed E-state index contributed by atoms with van der Waals surface area (Å²) >= 11 is 0. The van der Waals surface area contributed by atoms with Gasteiger partial charge in [-0.05, 0) is 51.4 Å². The molecule has 0 spiro atoms. The van der Waals surface area contributed by atoms with Crippen LogP contribution in [0.25, 0.3) is 0 Å². The number of rotatable bonds is 5. The molecular weight excluding hydrogens is 252 g/mol. The molecule has 2 rings (SSSR count). The number of carbonyl (C=O) groups excluding carboxylic acids is 1. The van der Waals surface area contributed by atoms with Crippen LogP contribution < -0.4 is 10.5 Å². The zero-order valence-corrected chi connectivity index (χ0v) is 12.4. The summed E-state index contributed by atoms with van der Waals surface area (Å²) in [5.74, 6) is 0.781. The van der Waals surface area contributed by atoms with Gasteiger partial charge in [0.05, 0.1) is 18.8 Å². The molecule has 1 unspecified atom stereocenters. The lowest BCUT2D eigenvalue weighted by molar-refractivity contribution is 0.0860. The van der Waals surface area contributed by atoms with Gasteiger partial charge < -0.3 is 10.5 Å².